The number of anilines is 2. The molecule has 0 heterocycles. The van der Waals surface area contributed by atoms with Gasteiger partial charge in [0.15, 0.2) is 0 Å². The van der Waals surface area contributed by atoms with Crippen LogP contribution in [0.15, 0.2) is 24.3 Å². The Bertz CT molecular complexity index is 396. The number of benzene rings is 1. The van der Waals surface area contributed by atoms with Crippen LogP contribution in [-0.2, 0) is 4.74 Å². The molecule has 1 aromatic carbocycles. The molecule has 0 atom stereocenters. The van der Waals surface area contributed by atoms with Gasteiger partial charge in [0.25, 0.3) is 0 Å². The number of ether oxygens (including phenoxy) is 1. The van der Waals surface area contributed by atoms with Crippen LogP contribution in [0.5, 0.6) is 0 Å². The van der Waals surface area contributed by atoms with E-state index in [1.165, 1.54) is 7.11 Å². The van der Waals surface area contributed by atoms with Crippen LogP contribution in [0.1, 0.15) is 20.8 Å². The van der Waals surface area contributed by atoms with Gasteiger partial charge in [-0.05, 0) is 45.0 Å². The Hall–Kier alpha value is -1.75. The summed E-state index contributed by atoms with van der Waals surface area (Å²) < 4.78 is 4.52. The summed E-state index contributed by atoms with van der Waals surface area (Å²) in [6.07, 6.45) is -0.463. The summed E-state index contributed by atoms with van der Waals surface area (Å²) in [4.78, 5) is 11.0. The third-order valence-electron chi connectivity index (χ3n) is 2.43. The number of hydrogen-bond acceptors (Lipinski definition) is 4. The first-order chi connectivity index (χ1) is 8.90. The normalized spacial score (nSPS) is 10.9. The molecule has 3 N–H and O–H groups in total. The van der Waals surface area contributed by atoms with Crippen molar-refractivity contribution in [1.29, 1.82) is 0 Å². The van der Waals surface area contributed by atoms with Crippen LogP contribution in [0.4, 0.5) is 16.2 Å². The zero-order valence-corrected chi connectivity index (χ0v) is 12.0. The topological polar surface area (TPSA) is 62.4 Å². The Morgan fingerprint density at radius 1 is 1.11 bits per heavy atom. The van der Waals surface area contributed by atoms with Gasteiger partial charge in [-0.25, -0.2) is 4.79 Å². The lowest BCUT2D eigenvalue weighted by Crippen LogP contribution is -2.38. The van der Waals surface area contributed by atoms with Crippen LogP contribution in [0.2, 0.25) is 0 Å². The summed E-state index contributed by atoms with van der Waals surface area (Å²) in [6.45, 7) is 8.16. The molecule has 0 saturated heterocycles. The Morgan fingerprint density at radius 3 is 2.21 bits per heavy atom. The number of amides is 1. The summed E-state index contributed by atoms with van der Waals surface area (Å²) in [5.74, 6) is 0. The van der Waals surface area contributed by atoms with Crippen molar-refractivity contribution in [2.45, 2.75) is 26.3 Å². The first-order valence-corrected chi connectivity index (χ1v) is 6.34. The molecule has 1 amide bonds. The highest BCUT2D eigenvalue weighted by Crippen LogP contribution is 2.13. The van der Waals surface area contributed by atoms with Crippen molar-refractivity contribution >= 4 is 17.5 Å². The third-order valence-corrected chi connectivity index (χ3v) is 2.43. The van der Waals surface area contributed by atoms with E-state index in [9.17, 15) is 4.79 Å². The zero-order chi connectivity index (χ0) is 14.3. The van der Waals surface area contributed by atoms with Gasteiger partial charge >= 0.3 is 6.09 Å². The monoisotopic (exact) mass is 265 g/mol. The van der Waals surface area contributed by atoms with Gasteiger partial charge in [-0.15, -0.1) is 0 Å². The highest BCUT2D eigenvalue weighted by Gasteiger charge is 2.07. The second kappa shape index (κ2) is 6.99. The maximum atomic E-state index is 11.0. The molecule has 0 bridgehead atoms. The predicted octanol–water partition coefficient (Wildman–Crippen LogP) is 2.66. The SMILES string of the molecule is COC(=O)Nc1ccc(NCCNC(C)(C)C)cc1. The van der Waals surface area contributed by atoms with Crippen molar-refractivity contribution in [3.8, 4) is 0 Å². The van der Waals surface area contributed by atoms with Crippen LogP contribution in [0.3, 0.4) is 0 Å². The van der Waals surface area contributed by atoms with Crippen molar-refractivity contribution in [1.82, 2.24) is 5.32 Å². The summed E-state index contributed by atoms with van der Waals surface area (Å²) in [5, 5.41) is 9.31. The maximum Gasteiger partial charge on any atom is 0.411 e. The predicted molar refractivity (Wildman–Crippen MR) is 78.7 cm³/mol. The molecule has 1 aromatic rings. The van der Waals surface area contributed by atoms with E-state index < -0.39 is 6.09 Å². The van der Waals surface area contributed by atoms with Crippen molar-refractivity contribution in [2.24, 2.45) is 0 Å². The van der Waals surface area contributed by atoms with Gasteiger partial charge in [0.05, 0.1) is 7.11 Å². The number of carbonyl (C=O) groups is 1. The van der Waals surface area contributed by atoms with Crippen molar-refractivity contribution in [3.63, 3.8) is 0 Å². The van der Waals surface area contributed by atoms with Crippen molar-refractivity contribution in [2.75, 3.05) is 30.8 Å². The Labute approximate surface area is 114 Å². The van der Waals surface area contributed by atoms with Crippen LogP contribution in [0.25, 0.3) is 0 Å². The average Bonchev–Trinajstić information content (AvgIpc) is 2.35. The second-order valence-electron chi connectivity index (χ2n) is 5.30. The quantitative estimate of drug-likeness (QED) is 0.716. The Morgan fingerprint density at radius 2 is 1.68 bits per heavy atom. The molecule has 0 radical (unpaired) electrons. The molecule has 0 unspecified atom stereocenters. The van der Waals surface area contributed by atoms with Gasteiger partial charge in [0, 0.05) is 30.0 Å². The van der Waals surface area contributed by atoms with E-state index >= 15 is 0 Å². The molecule has 1 rings (SSSR count). The van der Waals surface area contributed by atoms with E-state index in [-0.39, 0.29) is 5.54 Å². The van der Waals surface area contributed by atoms with Crippen LogP contribution < -0.4 is 16.0 Å². The first kappa shape index (κ1) is 15.3. The lowest BCUT2D eigenvalue weighted by atomic mass is 10.1. The van der Waals surface area contributed by atoms with Crippen molar-refractivity contribution in [3.05, 3.63) is 24.3 Å². The minimum Gasteiger partial charge on any atom is -0.453 e. The highest BCUT2D eigenvalue weighted by atomic mass is 16.5. The number of nitrogens with one attached hydrogen (secondary N) is 3. The molecule has 0 aliphatic carbocycles. The lowest BCUT2D eigenvalue weighted by molar-refractivity contribution is 0.187. The van der Waals surface area contributed by atoms with Crippen LogP contribution in [-0.4, -0.2) is 31.8 Å². The molecular formula is C14H23N3O2. The molecule has 0 aliphatic heterocycles. The van der Waals surface area contributed by atoms with Crippen LogP contribution in [0, 0.1) is 0 Å². The summed E-state index contributed by atoms with van der Waals surface area (Å²) in [6, 6.07) is 7.50. The van der Waals surface area contributed by atoms with Gasteiger partial charge in [0.2, 0.25) is 0 Å². The van der Waals surface area contributed by atoms with Gasteiger partial charge in [-0.2, -0.15) is 0 Å². The van der Waals surface area contributed by atoms with E-state index in [2.05, 4.69) is 41.5 Å². The highest BCUT2D eigenvalue weighted by molar-refractivity contribution is 5.84. The number of rotatable bonds is 5. The minimum absolute atomic E-state index is 0.135. The number of methoxy groups -OCH3 is 1. The molecule has 0 saturated carbocycles. The van der Waals surface area contributed by atoms with E-state index in [4.69, 9.17) is 0 Å². The fraction of sp³-hybridized carbons (Fsp3) is 0.500. The second-order valence-corrected chi connectivity index (χ2v) is 5.30. The van der Waals surface area contributed by atoms with E-state index in [1.54, 1.807) is 0 Å². The minimum atomic E-state index is -0.463. The maximum absolute atomic E-state index is 11.0. The first-order valence-electron chi connectivity index (χ1n) is 6.34. The number of carbonyl (C=O) groups excluding carboxylic acids is 1. The molecule has 106 valence electrons. The third kappa shape index (κ3) is 6.67. The standard InChI is InChI=1S/C14H23N3O2/c1-14(2,3)16-10-9-15-11-5-7-12(8-6-11)17-13(18)19-4/h5-8,15-16H,9-10H2,1-4H3,(H,17,18). The number of hydrogen-bond donors (Lipinski definition) is 3. The zero-order valence-electron chi connectivity index (χ0n) is 12.0. The molecule has 0 aromatic heterocycles. The van der Waals surface area contributed by atoms with Gasteiger partial charge in [-0.1, -0.05) is 0 Å². The van der Waals surface area contributed by atoms with Gasteiger partial charge in [0.1, 0.15) is 0 Å². The molecule has 19 heavy (non-hydrogen) atoms. The molecule has 0 aliphatic rings. The van der Waals surface area contributed by atoms with Gasteiger partial charge < -0.3 is 15.4 Å². The fourth-order valence-electron chi connectivity index (χ4n) is 1.48. The average molecular weight is 265 g/mol. The Balaban J connectivity index is 2.34. The molecule has 5 heteroatoms. The fourth-order valence-corrected chi connectivity index (χ4v) is 1.48. The Kier molecular flexibility index (Phi) is 5.63. The van der Waals surface area contributed by atoms with E-state index in [0.717, 1.165) is 18.8 Å². The van der Waals surface area contributed by atoms with Gasteiger partial charge in [-0.3, -0.25) is 5.32 Å². The molecule has 5 nitrogen and oxygen atoms in total. The largest absolute Gasteiger partial charge is 0.453 e. The van der Waals surface area contributed by atoms with Crippen molar-refractivity contribution < 1.29 is 9.53 Å². The summed E-state index contributed by atoms with van der Waals surface area (Å²) in [7, 11) is 1.34. The molecule has 0 spiro atoms. The molecule has 0 fully saturated rings. The lowest BCUT2D eigenvalue weighted by Gasteiger charge is -2.20. The van der Waals surface area contributed by atoms with E-state index in [0.29, 0.717) is 5.69 Å². The molecular weight excluding hydrogens is 242 g/mol. The van der Waals surface area contributed by atoms with Crippen LogP contribution >= 0.6 is 0 Å². The van der Waals surface area contributed by atoms with E-state index in [1.807, 2.05) is 24.3 Å². The smallest absolute Gasteiger partial charge is 0.411 e. The summed E-state index contributed by atoms with van der Waals surface area (Å²) >= 11 is 0. The summed E-state index contributed by atoms with van der Waals surface area (Å²) in [5.41, 5.74) is 1.87.